The molecule has 0 aliphatic carbocycles. The number of urea groups is 1. The highest BCUT2D eigenvalue weighted by Crippen LogP contribution is 2.28. The largest absolute Gasteiger partial charge is 0.343 e. The van der Waals surface area contributed by atoms with Crippen molar-refractivity contribution in [3.05, 3.63) is 27.7 Å². The molecule has 22 heavy (non-hydrogen) atoms. The molecule has 1 aromatic rings. The molecular weight excluding hydrogens is 325 g/mol. The van der Waals surface area contributed by atoms with Crippen LogP contribution >= 0.6 is 23.2 Å². The fourth-order valence-corrected chi connectivity index (χ4v) is 2.90. The minimum absolute atomic E-state index is 0.0620. The first-order valence-electron chi connectivity index (χ1n) is 7.15. The van der Waals surface area contributed by atoms with Crippen molar-refractivity contribution in [3.8, 4) is 0 Å². The summed E-state index contributed by atoms with van der Waals surface area (Å²) in [5.41, 5.74) is 1.34. The molecule has 2 N–H and O–H groups in total. The number of hydrogen-bond donors (Lipinski definition) is 2. The zero-order valence-corrected chi connectivity index (χ0v) is 14.1. The fourth-order valence-electron chi connectivity index (χ4n) is 2.41. The van der Waals surface area contributed by atoms with E-state index in [1.807, 2.05) is 6.92 Å². The number of benzene rings is 1. The van der Waals surface area contributed by atoms with Gasteiger partial charge in [0, 0.05) is 41.8 Å². The molecule has 0 atom stereocenters. The predicted octanol–water partition coefficient (Wildman–Crippen LogP) is 3.43. The maximum absolute atomic E-state index is 12.0. The molecule has 1 aliphatic heterocycles. The summed E-state index contributed by atoms with van der Waals surface area (Å²) in [7, 11) is 0. The van der Waals surface area contributed by atoms with Crippen molar-refractivity contribution < 1.29 is 9.59 Å². The Hall–Kier alpha value is -1.46. The molecule has 7 heteroatoms. The standard InChI is InChI=1S/C15H19Cl2N3O2/c1-9-13(16)7-12(8-14(9)17)19-15(22)18-11-3-5-20(6-4-11)10(2)21/h7-8,11H,3-6H2,1-2H3,(H2,18,19,22). The zero-order valence-electron chi connectivity index (χ0n) is 12.6. The van der Waals surface area contributed by atoms with E-state index >= 15 is 0 Å². The van der Waals surface area contributed by atoms with E-state index < -0.39 is 0 Å². The number of nitrogens with zero attached hydrogens (tertiary/aromatic N) is 1. The van der Waals surface area contributed by atoms with Crippen molar-refractivity contribution in [1.82, 2.24) is 10.2 Å². The normalized spacial score (nSPS) is 15.5. The first kappa shape index (κ1) is 16.9. The summed E-state index contributed by atoms with van der Waals surface area (Å²) < 4.78 is 0. The summed E-state index contributed by atoms with van der Waals surface area (Å²) >= 11 is 12.1. The monoisotopic (exact) mass is 343 g/mol. The molecule has 0 bridgehead atoms. The van der Waals surface area contributed by atoms with Crippen LogP contribution in [0, 0.1) is 6.92 Å². The lowest BCUT2D eigenvalue weighted by molar-refractivity contribution is -0.129. The van der Waals surface area contributed by atoms with Gasteiger partial charge in [-0.1, -0.05) is 23.2 Å². The lowest BCUT2D eigenvalue weighted by atomic mass is 10.1. The van der Waals surface area contributed by atoms with Gasteiger partial charge in [0.2, 0.25) is 5.91 Å². The number of likely N-dealkylation sites (tertiary alicyclic amines) is 1. The maximum atomic E-state index is 12.0. The molecule has 0 spiro atoms. The average Bonchev–Trinajstić information content (AvgIpc) is 2.45. The van der Waals surface area contributed by atoms with Gasteiger partial charge in [0.1, 0.15) is 0 Å². The van der Waals surface area contributed by atoms with Gasteiger partial charge in [-0.25, -0.2) is 4.79 Å². The van der Waals surface area contributed by atoms with Crippen LogP contribution in [0.3, 0.4) is 0 Å². The molecule has 2 rings (SSSR count). The number of anilines is 1. The molecule has 1 saturated heterocycles. The number of carbonyl (C=O) groups excluding carboxylic acids is 2. The summed E-state index contributed by atoms with van der Waals surface area (Å²) in [5.74, 6) is 0.0758. The smallest absolute Gasteiger partial charge is 0.319 e. The molecular formula is C15H19Cl2N3O2. The van der Waals surface area contributed by atoms with E-state index in [0.29, 0.717) is 28.8 Å². The molecule has 0 unspecified atom stereocenters. The summed E-state index contributed by atoms with van der Waals surface area (Å²) in [6, 6.07) is 3.10. The van der Waals surface area contributed by atoms with Gasteiger partial charge in [0.25, 0.3) is 0 Å². The lowest BCUT2D eigenvalue weighted by Crippen LogP contribution is -2.47. The Morgan fingerprint density at radius 2 is 1.73 bits per heavy atom. The van der Waals surface area contributed by atoms with E-state index in [1.54, 1.807) is 24.0 Å². The third kappa shape index (κ3) is 4.27. The number of nitrogens with one attached hydrogen (secondary N) is 2. The minimum Gasteiger partial charge on any atom is -0.343 e. The third-order valence-corrected chi connectivity index (χ3v) is 4.60. The summed E-state index contributed by atoms with van der Waals surface area (Å²) in [4.78, 5) is 25.1. The third-order valence-electron chi connectivity index (χ3n) is 3.81. The van der Waals surface area contributed by atoms with Crippen LogP contribution < -0.4 is 10.6 Å². The average molecular weight is 344 g/mol. The van der Waals surface area contributed by atoms with E-state index in [4.69, 9.17) is 23.2 Å². The highest BCUT2D eigenvalue weighted by Gasteiger charge is 2.22. The number of hydrogen-bond acceptors (Lipinski definition) is 2. The van der Waals surface area contributed by atoms with Crippen molar-refractivity contribution in [2.45, 2.75) is 32.7 Å². The van der Waals surface area contributed by atoms with Crippen LogP contribution in [0.2, 0.25) is 10.0 Å². The van der Waals surface area contributed by atoms with Crippen LogP contribution in [-0.4, -0.2) is 36.0 Å². The van der Waals surface area contributed by atoms with Crippen molar-refractivity contribution in [3.63, 3.8) is 0 Å². The van der Waals surface area contributed by atoms with Gasteiger partial charge in [-0.15, -0.1) is 0 Å². The second kappa shape index (κ2) is 7.20. The Bertz CT molecular complexity index is 561. The van der Waals surface area contributed by atoms with Gasteiger partial charge in [-0.05, 0) is 37.5 Å². The number of halogens is 2. The van der Waals surface area contributed by atoms with E-state index in [0.717, 1.165) is 18.4 Å². The minimum atomic E-state index is -0.294. The Morgan fingerprint density at radius 1 is 1.18 bits per heavy atom. The Morgan fingerprint density at radius 3 is 2.23 bits per heavy atom. The quantitative estimate of drug-likeness (QED) is 0.863. The molecule has 1 aromatic carbocycles. The summed E-state index contributed by atoms with van der Waals surface area (Å²) in [6.07, 6.45) is 1.50. The number of piperidine rings is 1. The van der Waals surface area contributed by atoms with Crippen LogP contribution in [0.5, 0.6) is 0 Å². The fraction of sp³-hybridized carbons (Fsp3) is 0.467. The van der Waals surface area contributed by atoms with Gasteiger partial charge in [-0.2, -0.15) is 0 Å². The van der Waals surface area contributed by atoms with Crippen LogP contribution in [0.4, 0.5) is 10.5 Å². The molecule has 120 valence electrons. The summed E-state index contributed by atoms with van der Waals surface area (Å²) in [6.45, 7) is 4.72. The SMILES string of the molecule is CC(=O)N1CCC(NC(=O)Nc2cc(Cl)c(C)c(Cl)c2)CC1. The molecule has 1 heterocycles. The van der Waals surface area contributed by atoms with Crippen molar-refractivity contribution in [1.29, 1.82) is 0 Å². The maximum Gasteiger partial charge on any atom is 0.319 e. The first-order valence-corrected chi connectivity index (χ1v) is 7.91. The van der Waals surface area contributed by atoms with Gasteiger partial charge in [0.05, 0.1) is 0 Å². The molecule has 1 fully saturated rings. The molecule has 0 aromatic heterocycles. The molecule has 0 radical (unpaired) electrons. The van der Waals surface area contributed by atoms with Crippen molar-refractivity contribution in [2.24, 2.45) is 0 Å². The van der Waals surface area contributed by atoms with Crippen LogP contribution in [0.1, 0.15) is 25.3 Å². The van der Waals surface area contributed by atoms with Crippen LogP contribution in [-0.2, 0) is 4.79 Å². The lowest BCUT2D eigenvalue weighted by Gasteiger charge is -2.31. The topological polar surface area (TPSA) is 61.4 Å². The van der Waals surface area contributed by atoms with Gasteiger partial charge in [-0.3, -0.25) is 4.79 Å². The predicted molar refractivity (Wildman–Crippen MR) is 88.6 cm³/mol. The molecule has 1 aliphatic rings. The highest BCUT2D eigenvalue weighted by atomic mass is 35.5. The Kier molecular flexibility index (Phi) is 5.53. The van der Waals surface area contributed by atoms with E-state index in [2.05, 4.69) is 10.6 Å². The van der Waals surface area contributed by atoms with E-state index in [-0.39, 0.29) is 18.0 Å². The van der Waals surface area contributed by atoms with Crippen LogP contribution in [0.25, 0.3) is 0 Å². The number of carbonyl (C=O) groups is 2. The summed E-state index contributed by atoms with van der Waals surface area (Å²) in [5, 5.41) is 6.66. The Balaban J connectivity index is 1.88. The molecule has 3 amide bonds. The van der Waals surface area contributed by atoms with Crippen molar-refractivity contribution in [2.75, 3.05) is 18.4 Å². The first-order chi connectivity index (χ1) is 10.4. The van der Waals surface area contributed by atoms with E-state index in [1.165, 1.54) is 0 Å². The molecule has 5 nitrogen and oxygen atoms in total. The van der Waals surface area contributed by atoms with Gasteiger partial charge < -0.3 is 15.5 Å². The van der Waals surface area contributed by atoms with Gasteiger partial charge in [0.15, 0.2) is 0 Å². The Labute approximate surface area is 139 Å². The second-order valence-electron chi connectivity index (χ2n) is 5.44. The number of rotatable bonds is 2. The highest BCUT2D eigenvalue weighted by molar-refractivity contribution is 6.36. The number of amides is 3. The van der Waals surface area contributed by atoms with E-state index in [9.17, 15) is 9.59 Å². The van der Waals surface area contributed by atoms with Crippen LogP contribution in [0.15, 0.2) is 12.1 Å². The zero-order chi connectivity index (χ0) is 16.3. The second-order valence-corrected chi connectivity index (χ2v) is 6.26. The van der Waals surface area contributed by atoms with Crippen molar-refractivity contribution >= 4 is 40.8 Å². The van der Waals surface area contributed by atoms with Gasteiger partial charge >= 0.3 is 6.03 Å². The molecule has 0 saturated carbocycles.